The Labute approximate surface area is 114 Å². The molecule has 1 saturated carbocycles. The van der Waals surface area contributed by atoms with Crippen LogP contribution in [0.15, 0.2) is 0 Å². The lowest BCUT2D eigenvalue weighted by Gasteiger charge is -2.25. The summed E-state index contributed by atoms with van der Waals surface area (Å²) in [5.74, 6) is 0.131. The van der Waals surface area contributed by atoms with Crippen LogP contribution in [0.3, 0.4) is 0 Å². The highest BCUT2D eigenvalue weighted by Crippen LogP contribution is 2.31. The Morgan fingerprint density at radius 1 is 1.32 bits per heavy atom. The van der Waals surface area contributed by atoms with Crippen molar-refractivity contribution in [3.05, 3.63) is 0 Å². The molecule has 0 radical (unpaired) electrons. The van der Waals surface area contributed by atoms with Gasteiger partial charge in [0.25, 0.3) is 0 Å². The van der Waals surface area contributed by atoms with Gasteiger partial charge in [-0.25, -0.2) is 0 Å². The highest BCUT2D eigenvalue weighted by atomic mass is 16.5. The second kappa shape index (κ2) is 6.89. The molecule has 2 rings (SSSR count). The molecule has 5 heteroatoms. The lowest BCUT2D eigenvalue weighted by Crippen LogP contribution is -2.39. The lowest BCUT2D eigenvalue weighted by molar-refractivity contribution is -0.144. The quantitative estimate of drug-likeness (QED) is 0.655. The molecule has 5 nitrogen and oxygen atoms in total. The van der Waals surface area contributed by atoms with Crippen molar-refractivity contribution < 1.29 is 19.1 Å². The van der Waals surface area contributed by atoms with Gasteiger partial charge in [-0.2, -0.15) is 0 Å². The zero-order chi connectivity index (χ0) is 13.7. The number of hydrogen-bond donors (Lipinski definition) is 0. The van der Waals surface area contributed by atoms with Crippen LogP contribution in [0.1, 0.15) is 39.0 Å². The Balaban J connectivity index is 1.81. The molecule has 1 heterocycles. The highest BCUT2D eigenvalue weighted by Gasteiger charge is 2.34. The fourth-order valence-corrected chi connectivity index (χ4v) is 2.37. The van der Waals surface area contributed by atoms with Gasteiger partial charge in [-0.05, 0) is 32.6 Å². The third-order valence-corrected chi connectivity index (χ3v) is 3.58. The van der Waals surface area contributed by atoms with Gasteiger partial charge in [0.15, 0.2) is 0 Å². The fraction of sp³-hybridized carbons (Fsp3) is 0.857. The van der Waals surface area contributed by atoms with E-state index in [9.17, 15) is 9.59 Å². The van der Waals surface area contributed by atoms with Crippen LogP contribution in [0.4, 0.5) is 0 Å². The predicted octanol–water partition coefficient (Wildman–Crippen LogP) is 1.36. The molecule has 1 aliphatic carbocycles. The highest BCUT2D eigenvalue weighted by molar-refractivity contribution is 5.81. The smallest absolute Gasteiger partial charge is 0.307 e. The van der Waals surface area contributed by atoms with Crippen molar-refractivity contribution in [2.75, 3.05) is 26.3 Å². The summed E-state index contributed by atoms with van der Waals surface area (Å²) < 4.78 is 10.5. The van der Waals surface area contributed by atoms with Crippen molar-refractivity contribution in [1.29, 1.82) is 0 Å². The van der Waals surface area contributed by atoms with E-state index >= 15 is 0 Å². The van der Waals surface area contributed by atoms with Gasteiger partial charge in [0.1, 0.15) is 0 Å². The molecule has 0 aromatic heterocycles. The van der Waals surface area contributed by atoms with E-state index in [1.807, 2.05) is 0 Å². The summed E-state index contributed by atoms with van der Waals surface area (Å²) in [5.41, 5.74) is 0. The first-order chi connectivity index (χ1) is 9.20. The molecular formula is C14H23NO4. The maximum absolute atomic E-state index is 12.2. The maximum Gasteiger partial charge on any atom is 0.307 e. The number of rotatable bonds is 7. The molecule has 1 amide bonds. The topological polar surface area (TPSA) is 55.8 Å². The van der Waals surface area contributed by atoms with Crippen LogP contribution in [0.2, 0.25) is 0 Å². The molecule has 2 aliphatic rings. The second-order valence-corrected chi connectivity index (χ2v) is 5.25. The van der Waals surface area contributed by atoms with Gasteiger partial charge in [-0.15, -0.1) is 0 Å². The van der Waals surface area contributed by atoms with Crippen molar-refractivity contribution in [3.8, 4) is 0 Å². The summed E-state index contributed by atoms with van der Waals surface area (Å²) in [6.45, 7) is 4.04. The van der Waals surface area contributed by atoms with Crippen LogP contribution in [0.25, 0.3) is 0 Å². The number of hydrogen-bond acceptors (Lipinski definition) is 4. The van der Waals surface area contributed by atoms with Gasteiger partial charge >= 0.3 is 5.97 Å². The fourth-order valence-electron chi connectivity index (χ4n) is 2.37. The number of carbonyl (C=O) groups excluding carboxylic acids is 2. The van der Waals surface area contributed by atoms with E-state index in [0.29, 0.717) is 19.7 Å². The molecule has 1 saturated heterocycles. The Morgan fingerprint density at radius 3 is 2.68 bits per heavy atom. The minimum Gasteiger partial charge on any atom is -0.466 e. The Kier molecular flexibility index (Phi) is 5.19. The average molecular weight is 269 g/mol. The summed E-state index contributed by atoms with van der Waals surface area (Å²) in [4.78, 5) is 25.4. The molecule has 0 aromatic carbocycles. The van der Waals surface area contributed by atoms with Crippen LogP contribution in [-0.4, -0.2) is 49.2 Å². The van der Waals surface area contributed by atoms with E-state index in [1.165, 1.54) is 0 Å². The minimum atomic E-state index is -0.233. The SMILES string of the molecule is CCOC(=O)CCN(CC1CCCO1)C(=O)C1CC1. The van der Waals surface area contributed by atoms with Crippen molar-refractivity contribution in [2.24, 2.45) is 5.92 Å². The number of esters is 1. The largest absolute Gasteiger partial charge is 0.466 e. The second-order valence-electron chi connectivity index (χ2n) is 5.25. The Bertz CT molecular complexity index is 321. The van der Waals surface area contributed by atoms with Gasteiger partial charge in [0.2, 0.25) is 5.91 Å². The van der Waals surface area contributed by atoms with Gasteiger partial charge in [-0.3, -0.25) is 9.59 Å². The first-order valence-electron chi connectivity index (χ1n) is 7.26. The zero-order valence-corrected chi connectivity index (χ0v) is 11.6. The lowest BCUT2D eigenvalue weighted by atomic mass is 10.2. The summed E-state index contributed by atoms with van der Waals surface area (Å²) in [7, 11) is 0. The third kappa shape index (κ3) is 4.49. The van der Waals surface area contributed by atoms with Crippen molar-refractivity contribution in [3.63, 3.8) is 0 Å². The standard InChI is InChI=1S/C14H23NO4/c1-2-18-13(16)7-8-15(14(17)11-5-6-11)10-12-4-3-9-19-12/h11-12H,2-10H2,1H3. The molecular weight excluding hydrogens is 246 g/mol. The summed E-state index contributed by atoms with van der Waals surface area (Å²) in [5, 5.41) is 0. The normalized spacial score (nSPS) is 22.3. The first-order valence-corrected chi connectivity index (χ1v) is 7.26. The average Bonchev–Trinajstić information content (AvgIpc) is 3.12. The number of amides is 1. The summed E-state index contributed by atoms with van der Waals surface area (Å²) in [6, 6.07) is 0. The Hall–Kier alpha value is -1.10. The molecule has 1 aliphatic heterocycles. The van der Waals surface area contributed by atoms with E-state index in [1.54, 1.807) is 11.8 Å². The van der Waals surface area contributed by atoms with Gasteiger partial charge in [-0.1, -0.05) is 0 Å². The van der Waals surface area contributed by atoms with Crippen LogP contribution in [0, 0.1) is 5.92 Å². The van der Waals surface area contributed by atoms with Gasteiger partial charge in [0, 0.05) is 25.6 Å². The van der Waals surface area contributed by atoms with Gasteiger partial charge in [0.05, 0.1) is 19.1 Å². The Morgan fingerprint density at radius 2 is 2.11 bits per heavy atom. The number of carbonyl (C=O) groups is 2. The molecule has 0 aromatic rings. The minimum absolute atomic E-state index is 0.143. The van der Waals surface area contributed by atoms with Crippen LogP contribution in [-0.2, 0) is 19.1 Å². The molecule has 2 fully saturated rings. The summed E-state index contributed by atoms with van der Waals surface area (Å²) in [6.07, 6.45) is 4.46. The van der Waals surface area contributed by atoms with Crippen LogP contribution >= 0.6 is 0 Å². The molecule has 1 atom stereocenters. The van der Waals surface area contributed by atoms with Crippen LogP contribution < -0.4 is 0 Å². The van der Waals surface area contributed by atoms with Crippen molar-refractivity contribution in [1.82, 2.24) is 4.90 Å². The molecule has 0 N–H and O–H groups in total. The number of ether oxygens (including phenoxy) is 2. The van der Waals surface area contributed by atoms with E-state index in [2.05, 4.69) is 0 Å². The molecule has 0 bridgehead atoms. The molecule has 108 valence electrons. The van der Waals surface area contributed by atoms with E-state index in [4.69, 9.17) is 9.47 Å². The third-order valence-electron chi connectivity index (χ3n) is 3.58. The monoisotopic (exact) mass is 269 g/mol. The van der Waals surface area contributed by atoms with E-state index in [-0.39, 0.29) is 30.3 Å². The van der Waals surface area contributed by atoms with Crippen LogP contribution in [0.5, 0.6) is 0 Å². The van der Waals surface area contributed by atoms with E-state index < -0.39 is 0 Å². The maximum atomic E-state index is 12.2. The molecule has 19 heavy (non-hydrogen) atoms. The first kappa shape index (κ1) is 14.3. The van der Waals surface area contributed by atoms with Crippen molar-refractivity contribution in [2.45, 2.75) is 45.1 Å². The van der Waals surface area contributed by atoms with Gasteiger partial charge < -0.3 is 14.4 Å². The number of nitrogens with zero attached hydrogens (tertiary/aromatic N) is 1. The van der Waals surface area contributed by atoms with E-state index in [0.717, 1.165) is 32.3 Å². The zero-order valence-electron chi connectivity index (χ0n) is 11.6. The molecule has 1 unspecified atom stereocenters. The molecule has 0 spiro atoms. The summed E-state index contributed by atoms with van der Waals surface area (Å²) >= 11 is 0. The van der Waals surface area contributed by atoms with Crippen molar-refractivity contribution >= 4 is 11.9 Å². The predicted molar refractivity (Wildman–Crippen MR) is 69.5 cm³/mol.